The van der Waals surface area contributed by atoms with Gasteiger partial charge in [-0.2, -0.15) is 0 Å². The molecule has 0 heterocycles. The Morgan fingerprint density at radius 2 is 1.79 bits per heavy atom. The molecule has 2 atom stereocenters. The third-order valence-corrected chi connectivity index (χ3v) is 4.33. The molecule has 0 aliphatic heterocycles. The lowest BCUT2D eigenvalue weighted by Gasteiger charge is -2.22. The second kappa shape index (κ2) is 3.25. The van der Waals surface area contributed by atoms with Crippen LogP contribution >= 0.6 is 0 Å². The third-order valence-electron chi connectivity index (χ3n) is 4.33. The number of carbonyl (C=O) groups is 1. The molecule has 0 aromatic heterocycles. The zero-order valence-electron chi connectivity index (χ0n) is 9.12. The fourth-order valence-corrected chi connectivity index (χ4v) is 3.52. The van der Waals surface area contributed by atoms with E-state index in [1.54, 1.807) is 0 Å². The summed E-state index contributed by atoms with van der Waals surface area (Å²) in [6.45, 7) is 4.23. The summed E-state index contributed by atoms with van der Waals surface area (Å²) in [6, 6.07) is 0. The number of aliphatic carboxylic acids is 1. The molecule has 0 saturated heterocycles. The molecule has 0 bridgehead atoms. The van der Waals surface area contributed by atoms with E-state index in [4.69, 9.17) is 5.11 Å². The van der Waals surface area contributed by atoms with Crippen LogP contribution in [0.1, 0.15) is 46.0 Å². The highest BCUT2D eigenvalue weighted by Gasteiger charge is 2.64. The van der Waals surface area contributed by atoms with Gasteiger partial charge >= 0.3 is 5.97 Å². The van der Waals surface area contributed by atoms with Gasteiger partial charge in [-0.25, -0.2) is 0 Å². The summed E-state index contributed by atoms with van der Waals surface area (Å²) in [7, 11) is 0. The van der Waals surface area contributed by atoms with Gasteiger partial charge in [-0.15, -0.1) is 0 Å². The SMILES string of the molecule is CC1(C)[C@H](C(=O)O)[C@H]1C1CCCCC1. The highest BCUT2D eigenvalue weighted by atomic mass is 16.4. The average Bonchev–Trinajstić information content (AvgIpc) is 2.71. The second-order valence-electron chi connectivity index (χ2n) is 5.56. The Labute approximate surface area is 85.7 Å². The minimum Gasteiger partial charge on any atom is -0.481 e. The topological polar surface area (TPSA) is 37.3 Å². The van der Waals surface area contributed by atoms with Crippen molar-refractivity contribution in [2.75, 3.05) is 0 Å². The van der Waals surface area contributed by atoms with Gasteiger partial charge in [0.15, 0.2) is 0 Å². The fraction of sp³-hybridized carbons (Fsp3) is 0.917. The number of hydrogen-bond donors (Lipinski definition) is 1. The maximum absolute atomic E-state index is 11.0. The van der Waals surface area contributed by atoms with Crippen molar-refractivity contribution in [2.45, 2.75) is 46.0 Å². The molecule has 2 aliphatic carbocycles. The van der Waals surface area contributed by atoms with E-state index >= 15 is 0 Å². The normalized spacial score (nSPS) is 36.7. The molecule has 0 unspecified atom stereocenters. The van der Waals surface area contributed by atoms with Crippen LogP contribution in [-0.2, 0) is 4.79 Å². The lowest BCUT2D eigenvalue weighted by atomic mass is 9.83. The van der Waals surface area contributed by atoms with Crippen LogP contribution in [-0.4, -0.2) is 11.1 Å². The van der Waals surface area contributed by atoms with E-state index in [-0.39, 0.29) is 11.3 Å². The van der Waals surface area contributed by atoms with Gasteiger partial charge in [0.25, 0.3) is 0 Å². The van der Waals surface area contributed by atoms with E-state index in [1.807, 2.05) is 0 Å². The summed E-state index contributed by atoms with van der Waals surface area (Å²) in [5.41, 5.74) is 0.0633. The molecule has 2 aliphatic rings. The standard InChI is InChI=1S/C12H20O2/c1-12(2)9(10(12)11(13)14)8-6-4-3-5-7-8/h8-10H,3-7H2,1-2H3,(H,13,14)/t9-,10+/m1/s1. The van der Waals surface area contributed by atoms with E-state index in [1.165, 1.54) is 32.1 Å². The monoisotopic (exact) mass is 196 g/mol. The predicted octanol–water partition coefficient (Wildman–Crippen LogP) is 2.92. The van der Waals surface area contributed by atoms with Gasteiger partial charge in [0.05, 0.1) is 5.92 Å². The highest BCUT2D eigenvalue weighted by Crippen LogP contribution is 2.63. The molecular formula is C12H20O2. The lowest BCUT2D eigenvalue weighted by molar-refractivity contribution is -0.139. The van der Waals surface area contributed by atoms with Crippen LogP contribution in [0.4, 0.5) is 0 Å². The number of carboxylic acid groups (broad SMARTS) is 1. The van der Waals surface area contributed by atoms with Gasteiger partial charge in [-0.3, -0.25) is 4.79 Å². The maximum atomic E-state index is 11.0. The Bertz CT molecular complexity index is 239. The maximum Gasteiger partial charge on any atom is 0.307 e. The summed E-state index contributed by atoms with van der Waals surface area (Å²) < 4.78 is 0. The van der Waals surface area contributed by atoms with Crippen LogP contribution in [0.3, 0.4) is 0 Å². The van der Waals surface area contributed by atoms with Gasteiger partial charge in [-0.05, 0) is 17.3 Å². The molecule has 0 amide bonds. The zero-order chi connectivity index (χ0) is 10.3. The highest BCUT2D eigenvalue weighted by molar-refractivity contribution is 5.75. The Kier molecular flexibility index (Phi) is 2.32. The van der Waals surface area contributed by atoms with Crippen molar-refractivity contribution in [3.63, 3.8) is 0 Å². The predicted molar refractivity (Wildman–Crippen MR) is 55.0 cm³/mol. The lowest BCUT2D eigenvalue weighted by Crippen LogP contribution is -2.12. The van der Waals surface area contributed by atoms with Crippen LogP contribution in [0.25, 0.3) is 0 Å². The molecule has 0 radical (unpaired) electrons. The van der Waals surface area contributed by atoms with Gasteiger partial charge in [0, 0.05) is 0 Å². The van der Waals surface area contributed by atoms with Gasteiger partial charge in [0.1, 0.15) is 0 Å². The molecule has 14 heavy (non-hydrogen) atoms. The molecule has 2 fully saturated rings. The second-order valence-corrected chi connectivity index (χ2v) is 5.56. The quantitative estimate of drug-likeness (QED) is 0.737. The van der Waals surface area contributed by atoms with Crippen LogP contribution in [0.5, 0.6) is 0 Å². The minimum absolute atomic E-state index is 0.0633. The van der Waals surface area contributed by atoms with Crippen molar-refractivity contribution in [3.05, 3.63) is 0 Å². The van der Waals surface area contributed by atoms with Gasteiger partial charge < -0.3 is 5.11 Å². The number of hydrogen-bond acceptors (Lipinski definition) is 1. The van der Waals surface area contributed by atoms with Crippen LogP contribution in [0, 0.1) is 23.2 Å². The first-order valence-electron chi connectivity index (χ1n) is 5.78. The average molecular weight is 196 g/mol. The smallest absolute Gasteiger partial charge is 0.307 e. The molecule has 0 aromatic rings. The summed E-state index contributed by atoms with van der Waals surface area (Å²) in [5, 5.41) is 9.09. The van der Waals surface area contributed by atoms with E-state index in [2.05, 4.69) is 13.8 Å². The minimum atomic E-state index is -0.578. The van der Waals surface area contributed by atoms with E-state index in [0.29, 0.717) is 11.8 Å². The van der Waals surface area contributed by atoms with Crippen molar-refractivity contribution >= 4 is 5.97 Å². The summed E-state index contributed by atoms with van der Waals surface area (Å²) in [6.07, 6.45) is 6.49. The van der Waals surface area contributed by atoms with E-state index < -0.39 is 5.97 Å². The van der Waals surface area contributed by atoms with Gasteiger partial charge in [-0.1, -0.05) is 46.0 Å². The van der Waals surface area contributed by atoms with Crippen LogP contribution < -0.4 is 0 Å². The van der Waals surface area contributed by atoms with Gasteiger partial charge in [0.2, 0.25) is 0 Å². The summed E-state index contributed by atoms with van der Waals surface area (Å²) in [4.78, 5) is 11.0. The molecule has 1 N–H and O–H groups in total. The van der Waals surface area contributed by atoms with Crippen molar-refractivity contribution in [3.8, 4) is 0 Å². The molecule has 0 aromatic carbocycles. The van der Waals surface area contributed by atoms with E-state index in [9.17, 15) is 4.79 Å². The first kappa shape index (κ1) is 10.0. The summed E-state index contributed by atoms with van der Waals surface area (Å²) in [5.74, 6) is 0.510. The third kappa shape index (κ3) is 1.45. The molecular weight excluding hydrogens is 176 g/mol. The van der Waals surface area contributed by atoms with Crippen molar-refractivity contribution < 1.29 is 9.90 Å². The van der Waals surface area contributed by atoms with Crippen molar-refractivity contribution in [1.82, 2.24) is 0 Å². The van der Waals surface area contributed by atoms with Crippen LogP contribution in [0.15, 0.2) is 0 Å². The first-order valence-corrected chi connectivity index (χ1v) is 5.78. The largest absolute Gasteiger partial charge is 0.481 e. The molecule has 2 nitrogen and oxygen atoms in total. The number of carboxylic acids is 1. The Hall–Kier alpha value is -0.530. The fourth-order valence-electron chi connectivity index (χ4n) is 3.52. The molecule has 2 saturated carbocycles. The van der Waals surface area contributed by atoms with Crippen molar-refractivity contribution in [1.29, 1.82) is 0 Å². The van der Waals surface area contributed by atoms with Crippen LogP contribution in [0.2, 0.25) is 0 Å². The summed E-state index contributed by atoms with van der Waals surface area (Å²) >= 11 is 0. The molecule has 2 heteroatoms. The van der Waals surface area contributed by atoms with Crippen molar-refractivity contribution in [2.24, 2.45) is 23.2 Å². The Morgan fingerprint density at radius 1 is 1.21 bits per heavy atom. The molecule has 0 spiro atoms. The Morgan fingerprint density at radius 3 is 2.21 bits per heavy atom. The Balaban J connectivity index is 2.02. The molecule has 2 rings (SSSR count). The van der Waals surface area contributed by atoms with E-state index in [0.717, 1.165) is 0 Å². The molecule has 80 valence electrons. The number of rotatable bonds is 2. The first-order chi connectivity index (χ1) is 6.55. The zero-order valence-corrected chi connectivity index (χ0v) is 9.12.